The summed E-state index contributed by atoms with van der Waals surface area (Å²) in [6.45, 7) is 1.48. The standard InChI is InChI=1S/C17H16O2/c1-13(18)16(12-14-8-4-2-5-9-14)17(19)15-10-6-3-7-11-15/h2-11,16H,12H2,1H3. The van der Waals surface area contributed by atoms with E-state index in [9.17, 15) is 9.59 Å². The number of carbonyl (C=O) groups excluding carboxylic acids is 2. The van der Waals surface area contributed by atoms with Gasteiger partial charge in [0, 0.05) is 5.56 Å². The summed E-state index contributed by atoms with van der Waals surface area (Å²) >= 11 is 0. The lowest BCUT2D eigenvalue weighted by molar-refractivity contribution is -0.119. The molecular formula is C17H16O2. The monoisotopic (exact) mass is 252 g/mol. The fraction of sp³-hybridized carbons (Fsp3) is 0.176. The van der Waals surface area contributed by atoms with Gasteiger partial charge in [-0.3, -0.25) is 9.59 Å². The Kier molecular flexibility index (Phi) is 4.24. The second-order valence-electron chi connectivity index (χ2n) is 4.58. The molecule has 19 heavy (non-hydrogen) atoms. The van der Waals surface area contributed by atoms with Gasteiger partial charge in [-0.15, -0.1) is 0 Å². The maximum atomic E-state index is 12.4. The van der Waals surface area contributed by atoms with Crippen LogP contribution < -0.4 is 0 Å². The molecule has 0 bridgehead atoms. The third-order valence-electron chi connectivity index (χ3n) is 3.15. The van der Waals surface area contributed by atoms with Crippen molar-refractivity contribution < 1.29 is 9.59 Å². The normalized spacial score (nSPS) is 11.8. The third kappa shape index (κ3) is 3.38. The van der Waals surface area contributed by atoms with Gasteiger partial charge in [-0.1, -0.05) is 60.7 Å². The summed E-state index contributed by atoms with van der Waals surface area (Å²) in [6.07, 6.45) is 0.462. The van der Waals surface area contributed by atoms with Crippen LogP contribution in [0.3, 0.4) is 0 Å². The summed E-state index contributed by atoms with van der Waals surface area (Å²) in [5.41, 5.74) is 1.60. The Morgan fingerprint density at radius 2 is 1.42 bits per heavy atom. The van der Waals surface area contributed by atoms with E-state index < -0.39 is 5.92 Å². The van der Waals surface area contributed by atoms with Crippen molar-refractivity contribution in [3.63, 3.8) is 0 Å². The van der Waals surface area contributed by atoms with Crippen LogP contribution in [0.25, 0.3) is 0 Å². The van der Waals surface area contributed by atoms with Crippen LogP contribution in [0.4, 0.5) is 0 Å². The number of hydrogen-bond donors (Lipinski definition) is 0. The molecule has 2 aromatic rings. The highest BCUT2D eigenvalue weighted by Crippen LogP contribution is 2.16. The summed E-state index contributed by atoms with van der Waals surface area (Å²) < 4.78 is 0. The van der Waals surface area contributed by atoms with E-state index in [1.165, 1.54) is 6.92 Å². The van der Waals surface area contributed by atoms with E-state index in [2.05, 4.69) is 0 Å². The molecule has 0 aromatic heterocycles. The number of ketones is 2. The van der Waals surface area contributed by atoms with Crippen LogP contribution in [0, 0.1) is 5.92 Å². The first-order valence-electron chi connectivity index (χ1n) is 6.32. The summed E-state index contributed by atoms with van der Waals surface area (Å²) in [4.78, 5) is 24.1. The molecule has 0 amide bonds. The first kappa shape index (κ1) is 13.2. The fourth-order valence-electron chi connectivity index (χ4n) is 2.07. The van der Waals surface area contributed by atoms with Crippen LogP contribution >= 0.6 is 0 Å². The minimum Gasteiger partial charge on any atom is -0.299 e. The number of hydrogen-bond acceptors (Lipinski definition) is 2. The van der Waals surface area contributed by atoms with Crippen LogP contribution in [0.15, 0.2) is 60.7 Å². The van der Waals surface area contributed by atoms with E-state index in [-0.39, 0.29) is 11.6 Å². The molecule has 0 aliphatic heterocycles. The van der Waals surface area contributed by atoms with E-state index in [1.807, 2.05) is 48.5 Å². The summed E-state index contributed by atoms with van der Waals surface area (Å²) in [6, 6.07) is 18.6. The van der Waals surface area contributed by atoms with Crippen molar-refractivity contribution in [3.05, 3.63) is 71.8 Å². The van der Waals surface area contributed by atoms with Gasteiger partial charge in [-0.05, 0) is 18.9 Å². The van der Waals surface area contributed by atoms with Crippen LogP contribution in [0.5, 0.6) is 0 Å². The zero-order valence-corrected chi connectivity index (χ0v) is 10.9. The Labute approximate surface area is 113 Å². The molecule has 0 saturated heterocycles. The highest BCUT2D eigenvalue weighted by atomic mass is 16.1. The molecular weight excluding hydrogens is 236 g/mol. The third-order valence-corrected chi connectivity index (χ3v) is 3.15. The van der Waals surface area contributed by atoms with Crippen LogP contribution in [-0.4, -0.2) is 11.6 Å². The van der Waals surface area contributed by atoms with Gasteiger partial charge in [0.1, 0.15) is 5.78 Å². The molecule has 2 rings (SSSR count). The van der Waals surface area contributed by atoms with Crippen LogP contribution in [-0.2, 0) is 11.2 Å². The SMILES string of the molecule is CC(=O)C(Cc1ccccc1)C(=O)c1ccccc1. The Bertz CT molecular complexity index is 558. The predicted octanol–water partition coefficient (Wildman–Crippen LogP) is 3.32. The van der Waals surface area contributed by atoms with Crippen molar-refractivity contribution in [1.82, 2.24) is 0 Å². The van der Waals surface area contributed by atoms with Gasteiger partial charge in [0.05, 0.1) is 5.92 Å². The smallest absolute Gasteiger partial charge is 0.173 e. The molecule has 0 saturated carbocycles. The minimum absolute atomic E-state index is 0.0855. The summed E-state index contributed by atoms with van der Waals surface area (Å²) in [5.74, 6) is -0.778. The summed E-state index contributed by atoms with van der Waals surface area (Å²) in [5, 5.41) is 0. The van der Waals surface area contributed by atoms with E-state index in [0.717, 1.165) is 5.56 Å². The van der Waals surface area contributed by atoms with E-state index in [0.29, 0.717) is 12.0 Å². The number of rotatable bonds is 5. The summed E-state index contributed by atoms with van der Waals surface area (Å²) in [7, 11) is 0. The number of benzene rings is 2. The molecule has 0 fully saturated rings. The van der Waals surface area contributed by atoms with Crippen molar-refractivity contribution in [1.29, 1.82) is 0 Å². The average molecular weight is 252 g/mol. The zero-order chi connectivity index (χ0) is 13.7. The van der Waals surface area contributed by atoms with Crippen molar-refractivity contribution in [2.75, 3.05) is 0 Å². The van der Waals surface area contributed by atoms with Crippen molar-refractivity contribution >= 4 is 11.6 Å². The molecule has 0 radical (unpaired) electrons. The number of carbonyl (C=O) groups is 2. The quantitative estimate of drug-likeness (QED) is 0.604. The van der Waals surface area contributed by atoms with E-state index >= 15 is 0 Å². The van der Waals surface area contributed by atoms with Gasteiger partial charge in [0.15, 0.2) is 5.78 Å². The number of Topliss-reactive ketones (excluding diaryl/α,β-unsaturated/α-hetero) is 2. The molecule has 2 nitrogen and oxygen atoms in total. The van der Waals surface area contributed by atoms with Gasteiger partial charge in [-0.25, -0.2) is 0 Å². The first-order valence-corrected chi connectivity index (χ1v) is 6.32. The lowest BCUT2D eigenvalue weighted by Gasteiger charge is -2.12. The Hall–Kier alpha value is -2.22. The topological polar surface area (TPSA) is 34.1 Å². The van der Waals surface area contributed by atoms with Gasteiger partial charge in [0.2, 0.25) is 0 Å². The highest BCUT2D eigenvalue weighted by molar-refractivity contribution is 6.10. The Balaban J connectivity index is 2.22. The molecule has 0 aliphatic rings. The van der Waals surface area contributed by atoms with Crippen LogP contribution in [0.2, 0.25) is 0 Å². The Morgan fingerprint density at radius 3 is 1.95 bits per heavy atom. The van der Waals surface area contributed by atoms with Crippen LogP contribution in [0.1, 0.15) is 22.8 Å². The zero-order valence-electron chi connectivity index (χ0n) is 10.9. The molecule has 1 unspecified atom stereocenters. The lowest BCUT2D eigenvalue weighted by Crippen LogP contribution is -2.24. The van der Waals surface area contributed by atoms with Gasteiger partial charge in [0.25, 0.3) is 0 Å². The van der Waals surface area contributed by atoms with Crippen molar-refractivity contribution in [2.45, 2.75) is 13.3 Å². The second kappa shape index (κ2) is 6.10. The molecule has 96 valence electrons. The average Bonchev–Trinajstić information content (AvgIpc) is 2.46. The largest absolute Gasteiger partial charge is 0.299 e. The lowest BCUT2D eigenvalue weighted by atomic mass is 9.88. The maximum absolute atomic E-state index is 12.4. The van der Waals surface area contributed by atoms with E-state index in [4.69, 9.17) is 0 Å². The molecule has 0 spiro atoms. The molecule has 0 aliphatic carbocycles. The van der Waals surface area contributed by atoms with E-state index in [1.54, 1.807) is 12.1 Å². The second-order valence-corrected chi connectivity index (χ2v) is 4.58. The fourth-order valence-corrected chi connectivity index (χ4v) is 2.07. The first-order chi connectivity index (χ1) is 9.18. The van der Waals surface area contributed by atoms with Gasteiger partial charge < -0.3 is 0 Å². The van der Waals surface area contributed by atoms with Gasteiger partial charge >= 0.3 is 0 Å². The van der Waals surface area contributed by atoms with Crippen molar-refractivity contribution in [2.24, 2.45) is 5.92 Å². The van der Waals surface area contributed by atoms with Crippen molar-refractivity contribution in [3.8, 4) is 0 Å². The highest BCUT2D eigenvalue weighted by Gasteiger charge is 2.24. The molecule has 2 aromatic carbocycles. The molecule has 1 atom stereocenters. The Morgan fingerprint density at radius 1 is 0.895 bits per heavy atom. The predicted molar refractivity (Wildman–Crippen MR) is 75.1 cm³/mol. The molecule has 0 heterocycles. The van der Waals surface area contributed by atoms with Gasteiger partial charge in [-0.2, -0.15) is 0 Å². The molecule has 2 heteroatoms. The maximum Gasteiger partial charge on any atom is 0.173 e. The minimum atomic E-state index is -0.593. The molecule has 0 N–H and O–H groups in total.